The van der Waals surface area contributed by atoms with Crippen molar-refractivity contribution in [1.82, 2.24) is 10.3 Å². The summed E-state index contributed by atoms with van der Waals surface area (Å²) in [7, 11) is 0. The van der Waals surface area contributed by atoms with E-state index in [0.717, 1.165) is 42.2 Å². The van der Waals surface area contributed by atoms with E-state index in [0.29, 0.717) is 29.6 Å². The van der Waals surface area contributed by atoms with Gasteiger partial charge in [0.15, 0.2) is 11.5 Å². The summed E-state index contributed by atoms with van der Waals surface area (Å²) in [5.41, 5.74) is 0. The number of fused-ring (bicyclic) bond motifs is 2. The monoisotopic (exact) mass is 410 g/mol. The molecule has 6 nitrogen and oxygen atoms in total. The first kappa shape index (κ1) is 18.2. The van der Waals surface area contributed by atoms with Crippen LogP contribution in [-0.2, 0) is 0 Å². The molecule has 1 aromatic carbocycles. The maximum atomic E-state index is 12.7. The summed E-state index contributed by atoms with van der Waals surface area (Å²) in [6, 6.07) is 8.20. The summed E-state index contributed by atoms with van der Waals surface area (Å²) >= 11 is 1.37. The lowest BCUT2D eigenvalue weighted by atomic mass is 9.92. The number of thiophene rings is 1. The number of carbonyl (C=O) groups is 1. The fourth-order valence-corrected chi connectivity index (χ4v) is 4.80. The zero-order chi connectivity index (χ0) is 19.6. The van der Waals surface area contributed by atoms with Crippen molar-refractivity contribution >= 4 is 28.0 Å². The number of hydrogen-bond acceptors (Lipinski definition) is 6. The summed E-state index contributed by atoms with van der Waals surface area (Å²) in [4.78, 5) is 17.5. The lowest BCUT2D eigenvalue weighted by molar-refractivity contribution is 0.0890. The van der Waals surface area contributed by atoms with Gasteiger partial charge in [-0.3, -0.25) is 9.78 Å². The van der Waals surface area contributed by atoms with Crippen LogP contribution in [0.4, 0.5) is 0 Å². The first-order chi connectivity index (χ1) is 14.3. The number of pyridine rings is 1. The van der Waals surface area contributed by atoms with Gasteiger partial charge in [-0.2, -0.15) is 0 Å². The molecule has 0 radical (unpaired) electrons. The molecule has 1 aliphatic heterocycles. The van der Waals surface area contributed by atoms with E-state index in [2.05, 4.69) is 10.3 Å². The van der Waals surface area contributed by atoms with E-state index in [1.165, 1.54) is 11.3 Å². The molecule has 150 valence electrons. The Morgan fingerprint density at radius 2 is 2.00 bits per heavy atom. The van der Waals surface area contributed by atoms with E-state index in [4.69, 9.17) is 14.2 Å². The second-order valence-corrected chi connectivity index (χ2v) is 8.25. The lowest BCUT2D eigenvalue weighted by Gasteiger charge is -2.30. The molecule has 0 spiro atoms. The quantitative estimate of drug-likeness (QED) is 0.699. The molecule has 2 aliphatic rings. The summed E-state index contributed by atoms with van der Waals surface area (Å²) in [6.45, 7) is 1.01. The van der Waals surface area contributed by atoms with E-state index in [9.17, 15) is 4.79 Å². The first-order valence-electron chi connectivity index (χ1n) is 9.95. The molecule has 0 unspecified atom stereocenters. The Labute approximate surface area is 172 Å². The van der Waals surface area contributed by atoms with Crippen molar-refractivity contribution in [3.63, 3.8) is 0 Å². The van der Waals surface area contributed by atoms with Crippen LogP contribution in [0, 0.1) is 0 Å². The van der Waals surface area contributed by atoms with Gasteiger partial charge in [0.1, 0.15) is 23.8 Å². The molecule has 0 saturated heterocycles. The topological polar surface area (TPSA) is 69.7 Å². The van der Waals surface area contributed by atoms with Gasteiger partial charge in [0.25, 0.3) is 5.91 Å². The standard InChI is InChI=1S/C22H22N2O4S/c25-22(21-20-19(13-29-21)26-10-11-27-20)24-15-4-6-16(7-5-15)28-18-3-1-2-14-12-23-9-8-17(14)18/h1-3,8-9,12-13,15-16H,4-7,10-11H2,(H,24,25). The van der Waals surface area contributed by atoms with Gasteiger partial charge in [-0.15, -0.1) is 11.3 Å². The van der Waals surface area contributed by atoms with Crippen molar-refractivity contribution in [2.75, 3.05) is 13.2 Å². The largest absolute Gasteiger partial charge is 0.490 e. The number of nitrogens with one attached hydrogen (secondary N) is 1. The highest BCUT2D eigenvalue weighted by atomic mass is 32.1. The van der Waals surface area contributed by atoms with Gasteiger partial charge in [0.05, 0.1) is 6.10 Å². The van der Waals surface area contributed by atoms with E-state index >= 15 is 0 Å². The molecular formula is C22H22N2O4S. The number of ether oxygens (including phenoxy) is 3. The van der Waals surface area contributed by atoms with Crippen molar-refractivity contribution in [2.24, 2.45) is 0 Å². The molecule has 0 atom stereocenters. The average molecular weight is 410 g/mol. The molecule has 2 aromatic heterocycles. The van der Waals surface area contributed by atoms with Crippen LogP contribution in [0.2, 0.25) is 0 Å². The smallest absolute Gasteiger partial charge is 0.265 e. The van der Waals surface area contributed by atoms with Crippen LogP contribution < -0.4 is 19.5 Å². The minimum Gasteiger partial charge on any atom is -0.490 e. The second-order valence-electron chi connectivity index (χ2n) is 7.37. The molecule has 1 aliphatic carbocycles. The fraction of sp³-hybridized carbons (Fsp3) is 0.364. The molecule has 1 amide bonds. The van der Waals surface area contributed by atoms with Crippen molar-refractivity contribution in [3.05, 3.63) is 46.9 Å². The number of amides is 1. The van der Waals surface area contributed by atoms with Gasteiger partial charge >= 0.3 is 0 Å². The maximum absolute atomic E-state index is 12.7. The molecular weight excluding hydrogens is 388 g/mol. The zero-order valence-electron chi connectivity index (χ0n) is 15.9. The third-order valence-electron chi connectivity index (χ3n) is 5.45. The van der Waals surface area contributed by atoms with E-state index in [1.54, 1.807) is 6.20 Å². The number of aromatic nitrogens is 1. The average Bonchev–Trinajstić information content (AvgIpc) is 3.20. The van der Waals surface area contributed by atoms with Crippen molar-refractivity contribution in [1.29, 1.82) is 0 Å². The van der Waals surface area contributed by atoms with Crippen LogP contribution in [0.25, 0.3) is 10.8 Å². The highest BCUT2D eigenvalue weighted by molar-refractivity contribution is 7.12. The van der Waals surface area contributed by atoms with Gasteiger partial charge in [-0.25, -0.2) is 0 Å². The van der Waals surface area contributed by atoms with Crippen molar-refractivity contribution < 1.29 is 19.0 Å². The minimum absolute atomic E-state index is 0.0762. The van der Waals surface area contributed by atoms with Gasteiger partial charge in [0.2, 0.25) is 0 Å². The summed E-state index contributed by atoms with van der Waals surface area (Å²) in [5, 5.41) is 7.16. The highest BCUT2D eigenvalue weighted by Gasteiger charge is 2.28. The maximum Gasteiger partial charge on any atom is 0.265 e. The number of benzene rings is 1. The van der Waals surface area contributed by atoms with Crippen molar-refractivity contribution in [2.45, 2.75) is 37.8 Å². The second kappa shape index (κ2) is 7.91. The van der Waals surface area contributed by atoms with Crippen LogP contribution >= 0.6 is 11.3 Å². The summed E-state index contributed by atoms with van der Waals surface area (Å²) in [6.07, 6.45) is 7.42. The first-order valence-corrected chi connectivity index (χ1v) is 10.8. The van der Waals surface area contributed by atoms with E-state index < -0.39 is 0 Å². The summed E-state index contributed by atoms with van der Waals surface area (Å²) < 4.78 is 17.4. The Kier molecular flexibility index (Phi) is 4.97. The van der Waals surface area contributed by atoms with Crippen LogP contribution in [0.1, 0.15) is 35.4 Å². The third kappa shape index (κ3) is 3.74. The van der Waals surface area contributed by atoms with Gasteiger partial charge in [-0.1, -0.05) is 12.1 Å². The van der Waals surface area contributed by atoms with E-state index in [-0.39, 0.29) is 18.1 Å². The Balaban J connectivity index is 1.19. The molecule has 1 fully saturated rings. The molecule has 3 heterocycles. The highest BCUT2D eigenvalue weighted by Crippen LogP contribution is 2.39. The molecule has 7 heteroatoms. The number of carbonyl (C=O) groups excluding carboxylic acids is 1. The molecule has 1 saturated carbocycles. The number of hydrogen-bond donors (Lipinski definition) is 1. The molecule has 1 N–H and O–H groups in total. The zero-order valence-corrected chi connectivity index (χ0v) is 16.7. The third-order valence-corrected chi connectivity index (χ3v) is 6.39. The Hall–Kier alpha value is -2.80. The van der Waals surface area contributed by atoms with Crippen LogP contribution in [0.5, 0.6) is 17.2 Å². The Bertz CT molecular complexity index is 1020. The molecule has 3 aromatic rings. The minimum atomic E-state index is -0.0762. The fourth-order valence-electron chi connectivity index (χ4n) is 3.97. The van der Waals surface area contributed by atoms with Crippen LogP contribution in [0.15, 0.2) is 42.0 Å². The van der Waals surface area contributed by atoms with Gasteiger partial charge in [0, 0.05) is 34.6 Å². The van der Waals surface area contributed by atoms with Gasteiger partial charge < -0.3 is 19.5 Å². The normalized spacial score (nSPS) is 21.0. The predicted molar refractivity (Wildman–Crippen MR) is 111 cm³/mol. The van der Waals surface area contributed by atoms with Gasteiger partial charge in [-0.05, 0) is 37.8 Å². The van der Waals surface area contributed by atoms with E-state index in [1.807, 2.05) is 35.8 Å². The Morgan fingerprint density at radius 1 is 1.14 bits per heavy atom. The molecule has 29 heavy (non-hydrogen) atoms. The lowest BCUT2D eigenvalue weighted by Crippen LogP contribution is -2.39. The summed E-state index contributed by atoms with van der Waals surface area (Å²) in [5.74, 6) is 2.09. The predicted octanol–water partition coefficient (Wildman–Crippen LogP) is 4.19. The molecule has 5 rings (SSSR count). The van der Waals surface area contributed by atoms with Crippen LogP contribution in [0.3, 0.4) is 0 Å². The van der Waals surface area contributed by atoms with Crippen molar-refractivity contribution in [3.8, 4) is 17.2 Å². The Morgan fingerprint density at radius 3 is 2.90 bits per heavy atom. The number of nitrogens with zero attached hydrogens (tertiary/aromatic N) is 1. The SMILES string of the molecule is O=C(NC1CCC(Oc2cccc3cnccc23)CC1)c1scc2c1OCCO2. The number of rotatable bonds is 4. The van der Waals surface area contributed by atoms with Crippen LogP contribution in [-0.4, -0.2) is 36.3 Å². The molecule has 0 bridgehead atoms.